The van der Waals surface area contributed by atoms with Crippen molar-refractivity contribution in [1.82, 2.24) is 9.55 Å². The predicted octanol–water partition coefficient (Wildman–Crippen LogP) is 4.16. The number of benzene rings is 2. The summed E-state index contributed by atoms with van der Waals surface area (Å²) in [5.41, 5.74) is 1.79. The topological polar surface area (TPSA) is 34.9 Å². The van der Waals surface area contributed by atoms with Crippen LogP contribution < -0.4 is 5.56 Å². The van der Waals surface area contributed by atoms with Crippen LogP contribution in [0.4, 0.5) is 4.39 Å². The van der Waals surface area contributed by atoms with Crippen molar-refractivity contribution in [1.29, 1.82) is 0 Å². The Morgan fingerprint density at radius 3 is 2.61 bits per heavy atom. The molecule has 1 fully saturated rings. The van der Waals surface area contributed by atoms with Gasteiger partial charge in [0.15, 0.2) is 5.16 Å². The van der Waals surface area contributed by atoms with E-state index in [0.717, 1.165) is 29.1 Å². The molecule has 0 unspecified atom stereocenters. The lowest BCUT2D eigenvalue weighted by Crippen LogP contribution is -2.22. The SMILES string of the molecule is O=c1c2ccccc2nc(SCc2ccc(F)cc2)n1C1CC1. The van der Waals surface area contributed by atoms with Gasteiger partial charge in [0.1, 0.15) is 5.82 Å². The molecule has 0 saturated heterocycles. The molecule has 5 heteroatoms. The molecule has 2 aromatic carbocycles. The number of nitrogens with zero attached hydrogens (tertiary/aromatic N) is 2. The molecule has 116 valence electrons. The van der Waals surface area contributed by atoms with Crippen LogP contribution in [0.2, 0.25) is 0 Å². The molecule has 4 rings (SSSR count). The maximum Gasteiger partial charge on any atom is 0.262 e. The highest BCUT2D eigenvalue weighted by Crippen LogP contribution is 2.37. The summed E-state index contributed by atoms with van der Waals surface area (Å²) in [5.74, 6) is 0.426. The van der Waals surface area contributed by atoms with Crippen LogP contribution in [0.1, 0.15) is 24.4 Å². The van der Waals surface area contributed by atoms with Crippen molar-refractivity contribution in [3.63, 3.8) is 0 Å². The van der Waals surface area contributed by atoms with Crippen LogP contribution in [-0.2, 0) is 5.75 Å². The first kappa shape index (κ1) is 14.5. The summed E-state index contributed by atoms with van der Waals surface area (Å²) in [4.78, 5) is 17.4. The summed E-state index contributed by atoms with van der Waals surface area (Å²) < 4.78 is 14.8. The minimum Gasteiger partial charge on any atom is -0.284 e. The highest BCUT2D eigenvalue weighted by atomic mass is 32.2. The molecular formula is C18H15FN2OS. The second-order valence-electron chi connectivity index (χ2n) is 5.73. The maximum absolute atomic E-state index is 13.0. The summed E-state index contributed by atoms with van der Waals surface area (Å²) >= 11 is 1.53. The molecule has 0 bridgehead atoms. The maximum atomic E-state index is 13.0. The highest BCUT2D eigenvalue weighted by Gasteiger charge is 2.28. The third kappa shape index (κ3) is 2.88. The normalized spacial score (nSPS) is 14.3. The molecule has 3 aromatic rings. The van der Waals surface area contributed by atoms with Crippen molar-refractivity contribution in [2.75, 3.05) is 0 Å². The van der Waals surface area contributed by atoms with Gasteiger partial charge in [-0.1, -0.05) is 36.0 Å². The number of fused-ring (bicyclic) bond motifs is 1. The average Bonchev–Trinajstić information content (AvgIpc) is 3.39. The van der Waals surface area contributed by atoms with E-state index in [1.54, 1.807) is 12.1 Å². The van der Waals surface area contributed by atoms with Crippen molar-refractivity contribution in [3.8, 4) is 0 Å². The first-order valence-corrected chi connectivity index (χ1v) is 8.59. The third-order valence-corrected chi connectivity index (χ3v) is 4.99. The summed E-state index contributed by atoms with van der Waals surface area (Å²) in [5, 5.41) is 1.42. The van der Waals surface area contributed by atoms with E-state index >= 15 is 0 Å². The standard InChI is InChI=1S/C18H15FN2OS/c19-13-7-5-12(6-8-13)11-23-18-20-16-4-2-1-3-15(16)17(22)21(18)14-9-10-14/h1-8,14H,9-11H2. The third-order valence-electron chi connectivity index (χ3n) is 3.97. The zero-order valence-corrected chi connectivity index (χ0v) is 13.2. The smallest absolute Gasteiger partial charge is 0.262 e. The quantitative estimate of drug-likeness (QED) is 0.533. The summed E-state index contributed by atoms with van der Waals surface area (Å²) in [6, 6.07) is 14.2. The van der Waals surface area contributed by atoms with E-state index in [1.165, 1.54) is 23.9 Å². The molecule has 0 amide bonds. The van der Waals surface area contributed by atoms with Gasteiger partial charge in [0.05, 0.1) is 10.9 Å². The van der Waals surface area contributed by atoms with E-state index in [9.17, 15) is 9.18 Å². The number of rotatable bonds is 4. The van der Waals surface area contributed by atoms with E-state index in [1.807, 2.05) is 28.8 Å². The van der Waals surface area contributed by atoms with Crippen molar-refractivity contribution in [2.45, 2.75) is 29.8 Å². The van der Waals surface area contributed by atoms with Gasteiger partial charge in [-0.15, -0.1) is 0 Å². The minimum absolute atomic E-state index is 0.0414. The van der Waals surface area contributed by atoms with Gasteiger partial charge < -0.3 is 0 Å². The first-order chi connectivity index (χ1) is 11.2. The molecule has 0 spiro atoms. The zero-order valence-electron chi connectivity index (χ0n) is 12.4. The van der Waals surface area contributed by atoms with Crippen LogP contribution in [0.15, 0.2) is 58.5 Å². The molecule has 0 N–H and O–H groups in total. The van der Waals surface area contributed by atoms with Gasteiger partial charge in [0.25, 0.3) is 5.56 Å². The number of thioether (sulfide) groups is 1. The fourth-order valence-corrected chi connectivity index (χ4v) is 3.63. The molecule has 0 atom stereocenters. The van der Waals surface area contributed by atoms with Crippen LogP contribution in [0.25, 0.3) is 10.9 Å². The number of aromatic nitrogens is 2. The molecule has 0 aliphatic heterocycles. The number of halogens is 1. The van der Waals surface area contributed by atoms with E-state index < -0.39 is 0 Å². The summed E-state index contributed by atoms with van der Waals surface area (Å²) in [7, 11) is 0. The predicted molar refractivity (Wildman–Crippen MR) is 90.2 cm³/mol. The summed E-state index contributed by atoms with van der Waals surface area (Å²) in [6.45, 7) is 0. The van der Waals surface area contributed by atoms with Gasteiger partial charge in [0, 0.05) is 11.8 Å². The van der Waals surface area contributed by atoms with Crippen molar-refractivity contribution in [3.05, 3.63) is 70.3 Å². The van der Waals surface area contributed by atoms with Crippen LogP contribution >= 0.6 is 11.8 Å². The van der Waals surface area contributed by atoms with Crippen molar-refractivity contribution < 1.29 is 4.39 Å². The molecule has 1 aliphatic rings. The van der Waals surface area contributed by atoms with Gasteiger partial charge in [-0.05, 0) is 42.7 Å². The molecule has 23 heavy (non-hydrogen) atoms. The van der Waals surface area contributed by atoms with Gasteiger partial charge in [-0.25, -0.2) is 9.37 Å². The lowest BCUT2D eigenvalue weighted by atomic mass is 10.2. The number of hydrogen-bond donors (Lipinski definition) is 0. The van der Waals surface area contributed by atoms with E-state index in [4.69, 9.17) is 0 Å². The van der Waals surface area contributed by atoms with Gasteiger partial charge >= 0.3 is 0 Å². The van der Waals surface area contributed by atoms with Crippen LogP contribution in [0, 0.1) is 5.82 Å². The second-order valence-corrected chi connectivity index (χ2v) is 6.68. The van der Waals surface area contributed by atoms with Crippen LogP contribution in [0.3, 0.4) is 0 Å². The van der Waals surface area contributed by atoms with E-state index in [2.05, 4.69) is 4.98 Å². The van der Waals surface area contributed by atoms with Crippen molar-refractivity contribution in [2.24, 2.45) is 0 Å². The molecule has 1 aliphatic carbocycles. The zero-order chi connectivity index (χ0) is 15.8. The van der Waals surface area contributed by atoms with Crippen LogP contribution in [-0.4, -0.2) is 9.55 Å². The summed E-state index contributed by atoms with van der Waals surface area (Å²) in [6.07, 6.45) is 2.06. The fourth-order valence-electron chi connectivity index (χ4n) is 2.61. The second kappa shape index (κ2) is 5.81. The Balaban J connectivity index is 1.72. The lowest BCUT2D eigenvalue weighted by molar-refractivity contribution is 0.618. The fraction of sp³-hybridized carbons (Fsp3) is 0.222. The average molecular weight is 326 g/mol. The highest BCUT2D eigenvalue weighted by molar-refractivity contribution is 7.98. The van der Waals surface area contributed by atoms with Gasteiger partial charge in [0.2, 0.25) is 0 Å². The Morgan fingerprint density at radius 2 is 1.87 bits per heavy atom. The van der Waals surface area contributed by atoms with Gasteiger partial charge in [-0.2, -0.15) is 0 Å². The largest absolute Gasteiger partial charge is 0.284 e. The lowest BCUT2D eigenvalue weighted by Gasteiger charge is -2.12. The first-order valence-electron chi connectivity index (χ1n) is 7.61. The van der Waals surface area contributed by atoms with E-state index in [-0.39, 0.29) is 17.4 Å². The number of para-hydroxylation sites is 1. The molecular weight excluding hydrogens is 311 g/mol. The molecule has 3 nitrogen and oxygen atoms in total. The van der Waals surface area contributed by atoms with Gasteiger partial charge in [-0.3, -0.25) is 9.36 Å². The Bertz CT molecular complexity index is 916. The molecule has 0 radical (unpaired) electrons. The molecule has 1 heterocycles. The Labute approximate surface area is 137 Å². The molecule has 1 aromatic heterocycles. The van der Waals surface area contributed by atoms with E-state index in [0.29, 0.717) is 11.1 Å². The number of hydrogen-bond acceptors (Lipinski definition) is 3. The Kier molecular flexibility index (Phi) is 3.65. The Hall–Kier alpha value is -2.14. The van der Waals surface area contributed by atoms with Crippen LogP contribution in [0.5, 0.6) is 0 Å². The molecule has 1 saturated carbocycles. The van der Waals surface area contributed by atoms with Crippen molar-refractivity contribution >= 4 is 22.7 Å². The monoisotopic (exact) mass is 326 g/mol. The minimum atomic E-state index is -0.238. The Morgan fingerprint density at radius 1 is 1.13 bits per heavy atom.